The summed E-state index contributed by atoms with van der Waals surface area (Å²) < 4.78 is 9.96. The summed E-state index contributed by atoms with van der Waals surface area (Å²) in [5.41, 5.74) is -0.710. The van der Waals surface area contributed by atoms with Crippen LogP contribution in [0.25, 0.3) is 0 Å². The van der Waals surface area contributed by atoms with E-state index in [9.17, 15) is 9.59 Å². The fourth-order valence-corrected chi connectivity index (χ4v) is 1.59. The van der Waals surface area contributed by atoms with Crippen molar-refractivity contribution < 1.29 is 19.1 Å². The molecule has 22 heavy (non-hydrogen) atoms. The molecule has 1 aromatic carbocycles. The van der Waals surface area contributed by atoms with E-state index in [0.717, 1.165) is 0 Å². The first-order chi connectivity index (χ1) is 10.3. The van der Waals surface area contributed by atoms with Crippen LogP contribution in [0.15, 0.2) is 24.3 Å². The highest BCUT2D eigenvalue weighted by atomic mass is 16.5. The first-order valence-corrected chi connectivity index (χ1v) is 6.86. The number of carbonyl (C=O) groups excluding carboxylic acids is 2. The van der Waals surface area contributed by atoms with E-state index in [4.69, 9.17) is 14.7 Å². The van der Waals surface area contributed by atoms with Gasteiger partial charge in [-0.2, -0.15) is 5.26 Å². The van der Waals surface area contributed by atoms with Crippen LogP contribution < -0.4 is 10.1 Å². The van der Waals surface area contributed by atoms with Crippen LogP contribution in [-0.2, 0) is 9.53 Å². The Morgan fingerprint density at radius 2 is 2.09 bits per heavy atom. The normalized spacial score (nSPS) is 12.9. The number of hydrogen-bond acceptors (Lipinski definition) is 5. The molecule has 0 aliphatic rings. The summed E-state index contributed by atoms with van der Waals surface area (Å²) in [6, 6.07) is 8.49. The fourth-order valence-electron chi connectivity index (χ4n) is 1.59. The van der Waals surface area contributed by atoms with Gasteiger partial charge in [0.1, 0.15) is 11.3 Å². The number of methoxy groups -OCH3 is 1. The second-order valence-corrected chi connectivity index (χ2v) is 5.33. The second kappa shape index (κ2) is 7.46. The van der Waals surface area contributed by atoms with Crippen LogP contribution in [0.1, 0.15) is 31.1 Å². The lowest BCUT2D eigenvalue weighted by Crippen LogP contribution is -2.50. The Kier molecular flexibility index (Phi) is 5.93. The maximum absolute atomic E-state index is 11.9. The molecule has 1 amide bonds. The number of nitrogens with one attached hydrogen (secondary N) is 1. The number of esters is 1. The van der Waals surface area contributed by atoms with Crippen molar-refractivity contribution in [3.05, 3.63) is 29.8 Å². The molecule has 0 heterocycles. The molecule has 0 radical (unpaired) electrons. The van der Waals surface area contributed by atoms with Crippen molar-refractivity contribution in [2.75, 3.05) is 13.7 Å². The molecule has 0 saturated carbocycles. The van der Waals surface area contributed by atoms with E-state index in [2.05, 4.69) is 11.4 Å². The molecule has 0 bridgehead atoms. The van der Waals surface area contributed by atoms with Gasteiger partial charge in [-0.15, -0.1) is 0 Å². The summed E-state index contributed by atoms with van der Waals surface area (Å²) in [5.74, 6) is -0.697. The molecular formula is C16H20N2O4. The topological polar surface area (TPSA) is 88.4 Å². The Labute approximate surface area is 130 Å². The Bertz CT molecular complexity index is 592. The van der Waals surface area contributed by atoms with E-state index in [1.54, 1.807) is 25.1 Å². The molecule has 1 N–H and O–H groups in total. The van der Waals surface area contributed by atoms with Gasteiger partial charge in [0.15, 0.2) is 6.61 Å². The summed E-state index contributed by atoms with van der Waals surface area (Å²) in [4.78, 5) is 23.7. The number of nitrogens with zero attached hydrogens (tertiary/aromatic N) is 1. The first kappa shape index (κ1) is 17.5. The predicted octanol–water partition coefficient (Wildman–Crippen LogP) is 1.91. The highest BCUT2D eigenvalue weighted by Gasteiger charge is 2.30. The van der Waals surface area contributed by atoms with Gasteiger partial charge in [-0.1, -0.05) is 19.9 Å². The summed E-state index contributed by atoms with van der Waals surface area (Å²) in [6.07, 6.45) is 0. The average Bonchev–Trinajstić information content (AvgIpc) is 2.52. The molecule has 6 heteroatoms. The molecule has 0 fully saturated rings. The van der Waals surface area contributed by atoms with Crippen LogP contribution in [0.4, 0.5) is 0 Å². The lowest BCUT2D eigenvalue weighted by Gasteiger charge is -2.27. The Balaban J connectivity index is 2.60. The van der Waals surface area contributed by atoms with Gasteiger partial charge >= 0.3 is 5.97 Å². The fraction of sp³-hybridized carbons (Fsp3) is 0.438. The number of nitriles is 1. The van der Waals surface area contributed by atoms with E-state index in [-0.39, 0.29) is 5.92 Å². The standard InChI is InChI=1S/C16H20N2O4/c1-11(2)16(3,10-17)18-14(19)9-22-15(20)12-6-5-7-13(8-12)21-4/h5-8,11H,9H2,1-4H3,(H,18,19)/t16-/m0/s1. The van der Waals surface area contributed by atoms with Crippen molar-refractivity contribution in [3.63, 3.8) is 0 Å². The van der Waals surface area contributed by atoms with Crippen LogP contribution >= 0.6 is 0 Å². The quantitative estimate of drug-likeness (QED) is 0.811. The van der Waals surface area contributed by atoms with Crippen molar-refractivity contribution in [3.8, 4) is 11.8 Å². The summed E-state index contributed by atoms with van der Waals surface area (Å²) >= 11 is 0. The van der Waals surface area contributed by atoms with E-state index in [1.807, 2.05) is 13.8 Å². The Morgan fingerprint density at radius 3 is 2.64 bits per heavy atom. The minimum Gasteiger partial charge on any atom is -0.497 e. The predicted molar refractivity (Wildman–Crippen MR) is 80.3 cm³/mol. The molecule has 118 valence electrons. The Hall–Kier alpha value is -2.55. The first-order valence-electron chi connectivity index (χ1n) is 6.86. The summed E-state index contributed by atoms with van der Waals surface area (Å²) in [6.45, 7) is 4.83. The number of amides is 1. The van der Waals surface area contributed by atoms with Crippen LogP contribution in [0.5, 0.6) is 5.75 Å². The third-order valence-electron chi connectivity index (χ3n) is 3.43. The molecule has 0 aromatic heterocycles. The van der Waals surface area contributed by atoms with Crippen molar-refractivity contribution in [1.29, 1.82) is 5.26 Å². The Morgan fingerprint density at radius 1 is 1.41 bits per heavy atom. The van der Waals surface area contributed by atoms with E-state index >= 15 is 0 Å². The molecule has 0 spiro atoms. The SMILES string of the molecule is COc1cccc(C(=O)OCC(=O)N[C@@](C)(C#N)C(C)C)c1. The zero-order valence-electron chi connectivity index (χ0n) is 13.2. The monoisotopic (exact) mass is 304 g/mol. The minimum atomic E-state index is -1.00. The van der Waals surface area contributed by atoms with Gasteiger partial charge in [-0.05, 0) is 31.0 Å². The molecular weight excluding hydrogens is 284 g/mol. The van der Waals surface area contributed by atoms with Crippen molar-refractivity contribution in [1.82, 2.24) is 5.32 Å². The van der Waals surface area contributed by atoms with Gasteiger partial charge in [0.25, 0.3) is 5.91 Å². The highest BCUT2D eigenvalue weighted by Crippen LogP contribution is 2.15. The third kappa shape index (κ3) is 4.48. The number of hydrogen-bond donors (Lipinski definition) is 1. The van der Waals surface area contributed by atoms with Gasteiger partial charge in [0.05, 0.1) is 18.7 Å². The average molecular weight is 304 g/mol. The van der Waals surface area contributed by atoms with Gasteiger partial charge < -0.3 is 14.8 Å². The van der Waals surface area contributed by atoms with E-state index < -0.39 is 24.0 Å². The van der Waals surface area contributed by atoms with E-state index in [0.29, 0.717) is 11.3 Å². The minimum absolute atomic E-state index is 0.0736. The van der Waals surface area contributed by atoms with Gasteiger partial charge in [0, 0.05) is 0 Å². The van der Waals surface area contributed by atoms with Crippen LogP contribution in [0, 0.1) is 17.2 Å². The van der Waals surface area contributed by atoms with Crippen molar-refractivity contribution in [2.24, 2.45) is 5.92 Å². The number of rotatable bonds is 6. The van der Waals surface area contributed by atoms with Crippen LogP contribution in [0.2, 0.25) is 0 Å². The molecule has 0 aliphatic carbocycles. The number of ether oxygens (including phenoxy) is 2. The van der Waals surface area contributed by atoms with Gasteiger partial charge in [-0.3, -0.25) is 4.79 Å². The molecule has 1 rings (SSSR count). The lowest BCUT2D eigenvalue weighted by molar-refractivity contribution is -0.125. The second-order valence-electron chi connectivity index (χ2n) is 5.33. The maximum Gasteiger partial charge on any atom is 0.338 e. The molecule has 1 atom stereocenters. The smallest absolute Gasteiger partial charge is 0.338 e. The summed E-state index contributed by atoms with van der Waals surface area (Å²) in [5, 5.41) is 11.7. The van der Waals surface area contributed by atoms with E-state index in [1.165, 1.54) is 13.2 Å². The molecule has 0 saturated heterocycles. The number of carbonyl (C=O) groups is 2. The zero-order valence-corrected chi connectivity index (χ0v) is 13.2. The van der Waals surface area contributed by atoms with Gasteiger partial charge in [-0.25, -0.2) is 4.79 Å². The molecule has 1 aromatic rings. The molecule has 0 aliphatic heterocycles. The molecule has 6 nitrogen and oxygen atoms in total. The summed E-state index contributed by atoms with van der Waals surface area (Å²) in [7, 11) is 1.49. The number of benzene rings is 1. The van der Waals surface area contributed by atoms with Crippen molar-refractivity contribution in [2.45, 2.75) is 26.3 Å². The van der Waals surface area contributed by atoms with Gasteiger partial charge in [0.2, 0.25) is 0 Å². The third-order valence-corrected chi connectivity index (χ3v) is 3.43. The maximum atomic E-state index is 11.9. The zero-order chi connectivity index (χ0) is 16.8. The van der Waals surface area contributed by atoms with Crippen LogP contribution in [-0.4, -0.2) is 31.1 Å². The molecule has 0 unspecified atom stereocenters. The van der Waals surface area contributed by atoms with Crippen molar-refractivity contribution >= 4 is 11.9 Å². The lowest BCUT2D eigenvalue weighted by atomic mass is 9.90. The van der Waals surface area contributed by atoms with Crippen LogP contribution in [0.3, 0.4) is 0 Å². The highest BCUT2D eigenvalue weighted by molar-refractivity contribution is 5.91. The largest absolute Gasteiger partial charge is 0.497 e.